The second-order valence-electron chi connectivity index (χ2n) is 5.32. The SMILES string of the molecule is COc1ccc2c(O)cc(-n3ccc(C(C)C)n3)nc2c1Cl. The lowest BCUT2D eigenvalue weighted by Crippen LogP contribution is -2.01. The lowest BCUT2D eigenvalue weighted by Gasteiger charge is -2.09. The maximum absolute atomic E-state index is 10.2. The summed E-state index contributed by atoms with van der Waals surface area (Å²) in [5.74, 6) is 1.44. The number of aromatic hydroxyl groups is 1. The third-order valence-corrected chi connectivity index (χ3v) is 3.87. The third-order valence-electron chi connectivity index (χ3n) is 3.50. The summed E-state index contributed by atoms with van der Waals surface area (Å²) in [4.78, 5) is 4.52. The van der Waals surface area contributed by atoms with Crippen LogP contribution in [0.25, 0.3) is 16.7 Å². The number of halogens is 1. The Labute approximate surface area is 133 Å². The van der Waals surface area contributed by atoms with Gasteiger partial charge in [0.05, 0.1) is 18.3 Å². The lowest BCUT2D eigenvalue weighted by molar-refractivity contribution is 0.415. The molecule has 1 N–H and O–H groups in total. The van der Waals surface area contributed by atoms with Crippen LogP contribution in [-0.4, -0.2) is 27.0 Å². The van der Waals surface area contributed by atoms with Gasteiger partial charge in [-0.25, -0.2) is 9.67 Å². The molecular formula is C16H16ClN3O2. The Morgan fingerprint density at radius 3 is 2.68 bits per heavy atom. The molecule has 0 bridgehead atoms. The molecule has 0 radical (unpaired) electrons. The van der Waals surface area contributed by atoms with Crippen molar-refractivity contribution in [2.75, 3.05) is 7.11 Å². The largest absolute Gasteiger partial charge is 0.507 e. The van der Waals surface area contributed by atoms with Gasteiger partial charge in [-0.2, -0.15) is 5.10 Å². The van der Waals surface area contributed by atoms with Gasteiger partial charge < -0.3 is 9.84 Å². The van der Waals surface area contributed by atoms with E-state index < -0.39 is 0 Å². The highest BCUT2D eigenvalue weighted by Crippen LogP contribution is 2.36. The first kappa shape index (κ1) is 14.7. The maximum atomic E-state index is 10.2. The minimum atomic E-state index is 0.103. The monoisotopic (exact) mass is 317 g/mol. The molecule has 0 fully saturated rings. The van der Waals surface area contributed by atoms with Crippen LogP contribution in [0.5, 0.6) is 11.5 Å². The molecule has 6 heteroatoms. The zero-order valence-electron chi connectivity index (χ0n) is 12.5. The van der Waals surface area contributed by atoms with E-state index in [2.05, 4.69) is 23.9 Å². The zero-order valence-corrected chi connectivity index (χ0v) is 13.3. The van der Waals surface area contributed by atoms with E-state index in [-0.39, 0.29) is 5.75 Å². The van der Waals surface area contributed by atoms with Gasteiger partial charge in [0, 0.05) is 17.6 Å². The average molecular weight is 318 g/mol. The normalized spacial score (nSPS) is 11.3. The molecule has 0 saturated carbocycles. The summed E-state index contributed by atoms with van der Waals surface area (Å²) in [5, 5.41) is 15.6. The van der Waals surface area contributed by atoms with Crippen molar-refractivity contribution >= 4 is 22.5 Å². The summed E-state index contributed by atoms with van der Waals surface area (Å²) in [5.41, 5.74) is 1.44. The molecule has 2 aromatic heterocycles. The van der Waals surface area contributed by atoms with Crippen molar-refractivity contribution in [1.82, 2.24) is 14.8 Å². The molecule has 0 amide bonds. The molecule has 0 atom stereocenters. The Kier molecular flexibility index (Phi) is 3.66. The molecule has 22 heavy (non-hydrogen) atoms. The Balaban J connectivity index is 2.20. The van der Waals surface area contributed by atoms with E-state index in [4.69, 9.17) is 16.3 Å². The molecule has 0 spiro atoms. The van der Waals surface area contributed by atoms with Gasteiger partial charge in [-0.3, -0.25) is 0 Å². The minimum absolute atomic E-state index is 0.103. The van der Waals surface area contributed by atoms with Gasteiger partial charge in [-0.05, 0) is 24.1 Å². The number of ether oxygens (including phenoxy) is 1. The van der Waals surface area contributed by atoms with Gasteiger partial charge in [0.2, 0.25) is 0 Å². The Morgan fingerprint density at radius 2 is 2.05 bits per heavy atom. The standard InChI is InChI=1S/C16H16ClN3O2/c1-9(2)11-6-7-20(19-11)14-8-12(21)10-4-5-13(22-3)15(17)16(10)18-14/h4-9H,1-3H3,(H,18,21). The lowest BCUT2D eigenvalue weighted by atomic mass is 10.1. The van der Waals surface area contributed by atoms with E-state index >= 15 is 0 Å². The highest BCUT2D eigenvalue weighted by atomic mass is 35.5. The molecule has 0 aliphatic rings. The van der Waals surface area contributed by atoms with Crippen LogP contribution < -0.4 is 4.74 Å². The first-order valence-corrected chi connectivity index (χ1v) is 7.31. The van der Waals surface area contributed by atoms with Crippen molar-refractivity contribution in [3.8, 4) is 17.3 Å². The Hall–Kier alpha value is -2.27. The fourth-order valence-corrected chi connectivity index (χ4v) is 2.54. The van der Waals surface area contributed by atoms with E-state index in [1.165, 1.54) is 0 Å². The molecule has 2 heterocycles. The predicted octanol–water partition coefficient (Wildman–Crippen LogP) is 3.91. The highest BCUT2D eigenvalue weighted by molar-refractivity contribution is 6.36. The molecule has 3 rings (SSSR count). The Bertz CT molecular complexity index is 843. The van der Waals surface area contributed by atoms with Crippen LogP contribution in [0, 0.1) is 0 Å². The molecule has 0 aliphatic heterocycles. The molecule has 114 valence electrons. The van der Waals surface area contributed by atoms with Gasteiger partial charge in [-0.15, -0.1) is 0 Å². The third kappa shape index (κ3) is 2.37. The van der Waals surface area contributed by atoms with Crippen LogP contribution in [0.1, 0.15) is 25.5 Å². The fourth-order valence-electron chi connectivity index (χ4n) is 2.26. The van der Waals surface area contributed by atoms with Crippen molar-refractivity contribution in [1.29, 1.82) is 0 Å². The van der Waals surface area contributed by atoms with E-state index in [9.17, 15) is 5.11 Å². The number of fused-ring (bicyclic) bond motifs is 1. The second kappa shape index (κ2) is 5.50. The molecule has 0 aliphatic carbocycles. The number of aromatic nitrogens is 3. The minimum Gasteiger partial charge on any atom is -0.507 e. The van der Waals surface area contributed by atoms with Crippen LogP contribution in [0.2, 0.25) is 5.02 Å². The average Bonchev–Trinajstić information content (AvgIpc) is 2.98. The molecule has 3 aromatic rings. The smallest absolute Gasteiger partial charge is 0.157 e. The van der Waals surface area contributed by atoms with E-state index in [0.29, 0.717) is 33.4 Å². The van der Waals surface area contributed by atoms with Crippen LogP contribution in [-0.2, 0) is 0 Å². The van der Waals surface area contributed by atoms with Crippen molar-refractivity contribution in [3.05, 3.63) is 41.2 Å². The summed E-state index contributed by atoms with van der Waals surface area (Å²) in [6.45, 7) is 4.14. The second-order valence-corrected chi connectivity index (χ2v) is 5.70. The topological polar surface area (TPSA) is 60.2 Å². The van der Waals surface area contributed by atoms with E-state index in [0.717, 1.165) is 5.69 Å². The van der Waals surface area contributed by atoms with Gasteiger partial charge in [0.15, 0.2) is 5.82 Å². The number of rotatable bonds is 3. The van der Waals surface area contributed by atoms with Crippen molar-refractivity contribution < 1.29 is 9.84 Å². The van der Waals surface area contributed by atoms with Crippen LogP contribution in [0.3, 0.4) is 0 Å². The zero-order chi connectivity index (χ0) is 15.9. The van der Waals surface area contributed by atoms with Gasteiger partial charge in [0.25, 0.3) is 0 Å². The first-order valence-electron chi connectivity index (χ1n) is 6.93. The molecule has 5 nitrogen and oxygen atoms in total. The number of hydrogen-bond donors (Lipinski definition) is 1. The predicted molar refractivity (Wildman–Crippen MR) is 86.2 cm³/mol. The molecular weight excluding hydrogens is 302 g/mol. The van der Waals surface area contributed by atoms with Gasteiger partial charge >= 0.3 is 0 Å². The quantitative estimate of drug-likeness (QED) is 0.795. The summed E-state index contributed by atoms with van der Waals surface area (Å²) >= 11 is 6.30. The molecule has 0 saturated heterocycles. The van der Waals surface area contributed by atoms with Crippen LogP contribution >= 0.6 is 11.6 Å². The van der Waals surface area contributed by atoms with Crippen molar-refractivity contribution in [2.45, 2.75) is 19.8 Å². The van der Waals surface area contributed by atoms with Crippen LogP contribution in [0.4, 0.5) is 0 Å². The van der Waals surface area contributed by atoms with Crippen molar-refractivity contribution in [3.63, 3.8) is 0 Å². The van der Waals surface area contributed by atoms with E-state index in [1.54, 1.807) is 30.0 Å². The summed E-state index contributed by atoms with van der Waals surface area (Å²) in [6.07, 6.45) is 1.82. The first-order chi connectivity index (χ1) is 10.5. The van der Waals surface area contributed by atoms with E-state index in [1.807, 2.05) is 12.3 Å². The fraction of sp³-hybridized carbons (Fsp3) is 0.250. The van der Waals surface area contributed by atoms with Gasteiger partial charge in [0.1, 0.15) is 16.5 Å². The number of hydrogen-bond acceptors (Lipinski definition) is 4. The summed E-state index contributed by atoms with van der Waals surface area (Å²) in [6, 6.07) is 6.94. The maximum Gasteiger partial charge on any atom is 0.157 e. The summed E-state index contributed by atoms with van der Waals surface area (Å²) in [7, 11) is 1.54. The van der Waals surface area contributed by atoms with Crippen molar-refractivity contribution in [2.24, 2.45) is 0 Å². The Morgan fingerprint density at radius 1 is 1.27 bits per heavy atom. The highest BCUT2D eigenvalue weighted by Gasteiger charge is 2.14. The molecule has 0 unspecified atom stereocenters. The molecule has 1 aromatic carbocycles. The summed E-state index contributed by atoms with van der Waals surface area (Å²) < 4.78 is 6.83. The van der Waals surface area contributed by atoms with Crippen LogP contribution in [0.15, 0.2) is 30.5 Å². The number of pyridine rings is 1. The van der Waals surface area contributed by atoms with Gasteiger partial charge in [-0.1, -0.05) is 25.4 Å². The number of benzene rings is 1. The number of nitrogens with zero attached hydrogens (tertiary/aromatic N) is 3. The number of methoxy groups -OCH3 is 1.